The van der Waals surface area contributed by atoms with E-state index in [9.17, 15) is 14.9 Å². The minimum atomic E-state index is -0.521. The average Bonchev–Trinajstić information content (AvgIpc) is 3.24. The van der Waals surface area contributed by atoms with Crippen LogP contribution in [0.5, 0.6) is 0 Å². The Labute approximate surface area is 239 Å². The summed E-state index contributed by atoms with van der Waals surface area (Å²) in [5.41, 5.74) is 1.89. The minimum Gasteiger partial charge on any atom is -0.340 e. The van der Waals surface area contributed by atoms with Crippen molar-refractivity contribution in [3.63, 3.8) is 0 Å². The molecule has 2 fully saturated rings. The molecule has 41 heavy (non-hydrogen) atoms. The van der Waals surface area contributed by atoms with E-state index in [1.165, 1.54) is 0 Å². The van der Waals surface area contributed by atoms with Crippen LogP contribution in [-0.4, -0.2) is 79.3 Å². The van der Waals surface area contributed by atoms with Crippen LogP contribution in [0.3, 0.4) is 0 Å². The number of aromatic nitrogens is 4. The Morgan fingerprint density at radius 1 is 1.10 bits per heavy atom. The molecule has 6 rings (SSSR count). The zero-order chi connectivity index (χ0) is 28.8. The van der Waals surface area contributed by atoms with Crippen LogP contribution in [0.25, 0.3) is 11.0 Å². The van der Waals surface area contributed by atoms with Gasteiger partial charge in [-0.3, -0.25) is 19.6 Å². The second kappa shape index (κ2) is 10.3. The van der Waals surface area contributed by atoms with Crippen molar-refractivity contribution in [3.05, 3.63) is 53.7 Å². The molecule has 3 aromatic heterocycles. The van der Waals surface area contributed by atoms with E-state index in [0.717, 1.165) is 35.8 Å². The smallest absolute Gasteiger partial charge is 0.238 e. The number of piperidine rings is 1. The van der Waals surface area contributed by atoms with Gasteiger partial charge in [0, 0.05) is 57.9 Å². The normalized spacial score (nSPS) is 21.1. The highest BCUT2D eigenvalue weighted by atomic mass is 16.2. The summed E-state index contributed by atoms with van der Waals surface area (Å²) in [6.45, 7) is 10.00. The van der Waals surface area contributed by atoms with Gasteiger partial charge < -0.3 is 9.80 Å². The van der Waals surface area contributed by atoms with Gasteiger partial charge in [0.1, 0.15) is 6.07 Å². The van der Waals surface area contributed by atoms with E-state index < -0.39 is 5.41 Å². The van der Waals surface area contributed by atoms with Crippen molar-refractivity contribution < 1.29 is 9.59 Å². The van der Waals surface area contributed by atoms with Crippen LogP contribution < -0.4 is 5.01 Å². The van der Waals surface area contributed by atoms with Gasteiger partial charge in [0.25, 0.3) is 0 Å². The lowest BCUT2D eigenvalue weighted by Crippen LogP contribution is -2.55. The average molecular weight is 554 g/mol. The first-order chi connectivity index (χ1) is 19.7. The molecule has 0 aliphatic carbocycles. The lowest BCUT2D eigenvalue weighted by atomic mass is 9.78. The van der Waals surface area contributed by atoms with Gasteiger partial charge in [0.2, 0.25) is 17.6 Å². The van der Waals surface area contributed by atoms with Crippen LogP contribution >= 0.6 is 0 Å². The Bertz CT molecular complexity index is 1530. The van der Waals surface area contributed by atoms with Gasteiger partial charge >= 0.3 is 0 Å². The molecule has 3 aliphatic rings. The second-order valence-corrected chi connectivity index (χ2v) is 12.6. The summed E-state index contributed by atoms with van der Waals surface area (Å²) in [4.78, 5) is 48.8. The number of amides is 2. The monoisotopic (exact) mass is 553 g/mol. The Morgan fingerprint density at radius 2 is 1.90 bits per heavy atom. The molecule has 0 radical (unpaired) electrons. The number of rotatable bonds is 5. The molecular weight excluding hydrogens is 518 g/mol. The highest BCUT2D eigenvalue weighted by Crippen LogP contribution is 2.41. The number of hydrogen-bond acceptors (Lipinski definition) is 9. The third-order valence-electron chi connectivity index (χ3n) is 8.30. The van der Waals surface area contributed by atoms with E-state index >= 15 is 0 Å². The summed E-state index contributed by atoms with van der Waals surface area (Å²) < 4.78 is 0. The van der Waals surface area contributed by atoms with Gasteiger partial charge in [-0.15, -0.1) is 0 Å². The summed E-state index contributed by atoms with van der Waals surface area (Å²) in [6, 6.07) is 7.87. The molecular formula is C30H35N9O2. The van der Waals surface area contributed by atoms with E-state index in [4.69, 9.17) is 0 Å². The van der Waals surface area contributed by atoms with Crippen molar-refractivity contribution >= 4 is 28.7 Å². The molecule has 0 saturated carbocycles. The summed E-state index contributed by atoms with van der Waals surface area (Å²) in [5.74, 6) is 0.800. The van der Waals surface area contributed by atoms with Crippen molar-refractivity contribution in [2.45, 2.75) is 53.1 Å². The Balaban J connectivity index is 1.23. The van der Waals surface area contributed by atoms with Crippen LogP contribution in [0.4, 0.5) is 5.82 Å². The standard InChI is InChI=1S/C30H35N9O2/c1-29(2,3)19-39-27-25-22(7-12-33-26(25)34-23(15-31)35-27)17-38(39)18-24(40)37-13-4-8-30(20-37)9-14-36(28(30)41)16-21-5-10-32-11-6-21/h5-7,10-12H,4,8-9,13-14,16-20H2,1-3H3. The highest BCUT2D eigenvalue weighted by Gasteiger charge is 2.49. The molecule has 0 N–H and O–H groups in total. The first kappa shape index (κ1) is 27.0. The highest BCUT2D eigenvalue weighted by molar-refractivity contribution is 5.92. The first-order valence-electron chi connectivity index (χ1n) is 14.2. The van der Waals surface area contributed by atoms with E-state index in [2.05, 4.69) is 46.8 Å². The maximum atomic E-state index is 13.9. The van der Waals surface area contributed by atoms with Gasteiger partial charge in [-0.05, 0) is 54.0 Å². The van der Waals surface area contributed by atoms with Crippen molar-refractivity contribution in [2.75, 3.05) is 37.7 Å². The summed E-state index contributed by atoms with van der Waals surface area (Å²) in [5, 5.41) is 14.5. The van der Waals surface area contributed by atoms with Gasteiger partial charge in [-0.2, -0.15) is 15.2 Å². The van der Waals surface area contributed by atoms with Crippen LogP contribution in [-0.2, 0) is 22.7 Å². The van der Waals surface area contributed by atoms with Crippen molar-refractivity contribution in [1.82, 2.24) is 34.7 Å². The fourth-order valence-electron chi connectivity index (χ4n) is 6.38. The molecule has 3 aliphatic heterocycles. The lowest BCUT2D eigenvalue weighted by Gasteiger charge is -2.44. The van der Waals surface area contributed by atoms with Gasteiger partial charge in [0.15, 0.2) is 11.5 Å². The molecule has 1 atom stereocenters. The molecule has 212 valence electrons. The fraction of sp³-hybridized carbons (Fsp3) is 0.500. The van der Waals surface area contributed by atoms with Crippen molar-refractivity contribution in [2.24, 2.45) is 10.8 Å². The molecule has 0 aromatic carbocycles. The van der Waals surface area contributed by atoms with Gasteiger partial charge in [-0.25, -0.2) is 9.99 Å². The molecule has 2 saturated heterocycles. The topological polar surface area (TPSA) is 122 Å². The quantitative estimate of drug-likeness (QED) is 0.469. The maximum absolute atomic E-state index is 13.9. The van der Waals surface area contributed by atoms with E-state index in [-0.39, 0.29) is 29.6 Å². The molecule has 6 heterocycles. The number of hydrazine groups is 1. The Morgan fingerprint density at radius 3 is 2.66 bits per heavy atom. The number of carbonyl (C=O) groups excluding carboxylic acids is 2. The number of pyridine rings is 2. The van der Waals surface area contributed by atoms with Crippen LogP contribution in [0.15, 0.2) is 36.8 Å². The van der Waals surface area contributed by atoms with Crippen LogP contribution in [0.1, 0.15) is 57.0 Å². The molecule has 11 nitrogen and oxygen atoms in total. The zero-order valence-electron chi connectivity index (χ0n) is 23.9. The molecule has 2 amide bonds. The van der Waals surface area contributed by atoms with Crippen molar-refractivity contribution in [3.8, 4) is 6.07 Å². The predicted octanol–water partition coefficient (Wildman–Crippen LogP) is 2.92. The Kier molecular flexibility index (Phi) is 6.82. The first-order valence-corrected chi connectivity index (χ1v) is 14.2. The number of carbonyl (C=O) groups is 2. The van der Waals surface area contributed by atoms with Gasteiger partial charge in [0.05, 0.1) is 17.3 Å². The molecule has 3 aromatic rings. The van der Waals surface area contributed by atoms with Crippen LogP contribution in [0.2, 0.25) is 0 Å². The molecule has 1 spiro atoms. The number of likely N-dealkylation sites (tertiary alicyclic amines) is 2. The zero-order valence-corrected chi connectivity index (χ0v) is 23.9. The van der Waals surface area contributed by atoms with Crippen molar-refractivity contribution in [1.29, 1.82) is 5.26 Å². The molecule has 1 unspecified atom stereocenters. The lowest BCUT2D eigenvalue weighted by molar-refractivity contribution is -0.144. The second-order valence-electron chi connectivity index (χ2n) is 12.6. The third kappa shape index (κ3) is 5.20. The number of nitriles is 1. The molecule has 0 bridgehead atoms. The predicted molar refractivity (Wildman–Crippen MR) is 152 cm³/mol. The minimum absolute atomic E-state index is 0.00770. The van der Waals surface area contributed by atoms with E-state index in [0.29, 0.717) is 50.7 Å². The fourth-order valence-corrected chi connectivity index (χ4v) is 6.38. The number of anilines is 1. The number of hydrogen-bond donors (Lipinski definition) is 0. The van der Waals surface area contributed by atoms with Crippen LogP contribution in [0, 0.1) is 22.2 Å². The van der Waals surface area contributed by atoms with E-state index in [1.807, 2.05) is 38.0 Å². The molecule has 11 heteroatoms. The third-order valence-corrected chi connectivity index (χ3v) is 8.30. The largest absolute Gasteiger partial charge is 0.340 e. The van der Waals surface area contributed by atoms with Gasteiger partial charge in [-0.1, -0.05) is 20.8 Å². The van der Waals surface area contributed by atoms with E-state index in [1.54, 1.807) is 18.6 Å². The number of nitrogens with zero attached hydrogens (tertiary/aromatic N) is 9. The summed E-state index contributed by atoms with van der Waals surface area (Å²) in [6.07, 6.45) is 7.55. The SMILES string of the molecule is CC(C)(C)CN1c2nc(C#N)nc3nccc(c23)CN1CC(=O)N1CCCC2(CCN(Cc3ccncc3)C2=O)C1. The summed E-state index contributed by atoms with van der Waals surface area (Å²) >= 11 is 0. The maximum Gasteiger partial charge on any atom is 0.238 e. The Hall–Kier alpha value is -4.17. The summed E-state index contributed by atoms with van der Waals surface area (Å²) in [7, 11) is 0.